The van der Waals surface area contributed by atoms with Gasteiger partial charge in [0.1, 0.15) is 5.82 Å². The van der Waals surface area contributed by atoms with Gasteiger partial charge < -0.3 is 16.0 Å². The monoisotopic (exact) mass is 371 g/mol. The predicted molar refractivity (Wildman–Crippen MR) is 98.3 cm³/mol. The van der Waals surface area contributed by atoms with E-state index in [0.29, 0.717) is 31.2 Å². The quantitative estimate of drug-likeness (QED) is 0.791. The molecule has 0 radical (unpaired) electrons. The van der Waals surface area contributed by atoms with Crippen LogP contribution in [0.2, 0.25) is 0 Å². The molecular weight excluding hydrogens is 349 g/mol. The van der Waals surface area contributed by atoms with Crippen molar-refractivity contribution in [3.8, 4) is 0 Å². The summed E-state index contributed by atoms with van der Waals surface area (Å²) in [7, 11) is 0. The smallest absolute Gasteiger partial charge is 0.312 e. The molecule has 7 nitrogen and oxygen atoms in total. The number of amides is 2. The Labute approximate surface area is 156 Å². The van der Waals surface area contributed by atoms with Crippen LogP contribution in [0, 0.1) is 5.82 Å². The summed E-state index contributed by atoms with van der Waals surface area (Å²) < 4.78 is 13.1. The molecule has 2 heterocycles. The van der Waals surface area contributed by atoms with Crippen molar-refractivity contribution in [2.24, 2.45) is 5.73 Å². The van der Waals surface area contributed by atoms with E-state index in [4.69, 9.17) is 5.73 Å². The van der Waals surface area contributed by atoms with Gasteiger partial charge in [-0.1, -0.05) is 26.0 Å². The minimum absolute atomic E-state index is 0.232. The highest BCUT2D eigenvalue weighted by Crippen LogP contribution is 2.24. The summed E-state index contributed by atoms with van der Waals surface area (Å²) in [5, 5.41) is 3.20. The molecule has 8 heteroatoms. The first-order valence-corrected chi connectivity index (χ1v) is 8.70. The fraction of sp³-hybridized carbons (Fsp3) is 0.368. The zero-order chi connectivity index (χ0) is 19.6. The highest BCUT2D eigenvalue weighted by molar-refractivity contribution is 6.34. The molecule has 0 bridgehead atoms. The number of halogens is 1. The molecule has 1 aromatic heterocycles. The van der Waals surface area contributed by atoms with Gasteiger partial charge in [-0.2, -0.15) is 0 Å². The number of fused-ring (bicyclic) bond motifs is 1. The van der Waals surface area contributed by atoms with E-state index < -0.39 is 11.8 Å². The van der Waals surface area contributed by atoms with E-state index in [-0.39, 0.29) is 17.8 Å². The van der Waals surface area contributed by atoms with Gasteiger partial charge in [0.05, 0.1) is 12.2 Å². The number of hydrogen-bond donors (Lipinski definition) is 2. The van der Waals surface area contributed by atoms with Crippen molar-refractivity contribution in [2.45, 2.75) is 32.2 Å². The largest absolute Gasteiger partial charge is 0.361 e. The highest BCUT2D eigenvalue weighted by Gasteiger charge is 2.26. The second-order valence-corrected chi connectivity index (χ2v) is 7.25. The van der Waals surface area contributed by atoms with Crippen LogP contribution in [0.4, 0.5) is 10.3 Å². The van der Waals surface area contributed by atoms with Crippen LogP contribution in [0.1, 0.15) is 30.7 Å². The molecule has 2 amide bonds. The summed E-state index contributed by atoms with van der Waals surface area (Å²) in [4.78, 5) is 33.1. The Bertz CT molecular complexity index is 867. The van der Waals surface area contributed by atoms with Gasteiger partial charge in [0, 0.05) is 24.7 Å². The number of aromatic nitrogens is 2. The fourth-order valence-corrected chi connectivity index (χ4v) is 3.02. The van der Waals surface area contributed by atoms with Crippen molar-refractivity contribution in [2.75, 3.05) is 18.4 Å². The number of carbonyl (C=O) groups is 2. The van der Waals surface area contributed by atoms with Gasteiger partial charge >= 0.3 is 11.8 Å². The number of nitrogens with two attached hydrogens (primary N) is 1. The summed E-state index contributed by atoms with van der Waals surface area (Å²) in [6.45, 7) is 5.28. The lowest BCUT2D eigenvalue weighted by molar-refractivity contribution is -0.144. The van der Waals surface area contributed by atoms with Gasteiger partial charge in [-0.25, -0.2) is 14.4 Å². The second-order valence-electron chi connectivity index (χ2n) is 7.25. The standard InChI is InChI=1S/C19H22FN5O2/c1-19(2,13-3-5-14(20)6-4-13)11-23-18-22-9-12-7-8-25(10-15(12)24-18)17(27)16(21)26/h3-6,9H,7-8,10-11H2,1-2H3,(H2,21,26)(H,22,23,24). The molecule has 0 fully saturated rings. The molecule has 0 saturated heterocycles. The van der Waals surface area contributed by atoms with Crippen LogP contribution in [-0.2, 0) is 28.0 Å². The molecule has 3 rings (SSSR count). The number of primary amides is 1. The van der Waals surface area contributed by atoms with Crippen molar-refractivity contribution in [3.05, 3.63) is 53.1 Å². The molecule has 1 aliphatic heterocycles. The minimum Gasteiger partial charge on any atom is -0.361 e. The third-order valence-corrected chi connectivity index (χ3v) is 4.76. The average molecular weight is 371 g/mol. The second kappa shape index (κ2) is 7.30. The number of nitrogens with one attached hydrogen (secondary N) is 1. The number of rotatable bonds is 4. The number of nitrogens with zero attached hydrogens (tertiary/aromatic N) is 3. The van der Waals surface area contributed by atoms with Crippen LogP contribution in [0.25, 0.3) is 0 Å². The number of carbonyl (C=O) groups excluding carboxylic acids is 2. The maximum atomic E-state index is 13.1. The van der Waals surface area contributed by atoms with Gasteiger partial charge in [0.2, 0.25) is 5.95 Å². The maximum absolute atomic E-state index is 13.1. The Morgan fingerprint density at radius 2 is 2.00 bits per heavy atom. The molecule has 1 aromatic carbocycles. The van der Waals surface area contributed by atoms with E-state index in [9.17, 15) is 14.0 Å². The molecule has 0 saturated carbocycles. The molecule has 2 aromatic rings. The summed E-state index contributed by atoms with van der Waals surface area (Å²) in [5.74, 6) is -1.49. The fourth-order valence-electron chi connectivity index (χ4n) is 3.02. The molecule has 1 aliphatic rings. The normalized spacial score (nSPS) is 13.8. The molecule has 0 unspecified atom stereocenters. The Morgan fingerprint density at radius 3 is 2.67 bits per heavy atom. The van der Waals surface area contributed by atoms with Crippen molar-refractivity contribution >= 4 is 17.8 Å². The van der Waals surface area contributed by atoms with E-state index in [0.717, 1.165) is 11.1 Å². The maximum Gasteiger partial charge on any atom is 0.312 e. The van der Waals surface area contributed by atoms with E-state index >= 15 is 0 Å². The average Bonchev–Trinajstić information content (AvgIpc) is 2.65. The Morgan fingerprint density at radius 1 is 1.30 bits per heavy atom. The number of benzene rings is 1. The van der Waals surface area contributed by atoms with Crippen molar-refractivity contribution < 1.29 is 14.0 Å². The summed E-state index contributed by atoms with van der Waals surface area (Å²) >= 11 is 0. The topological polar surface area (TPSA) is 101 Å². The van der Waals surface area contributed by atoms with E-state index in [2.05, 4.69) is 15.3 Å². The van der Waals surface area contributed by atoms with Crippen molar-refractivity contribution in [1.29, 1.82) is 0 Å². The minimum atomic E-state index is -0.966. The van der Waals surface area contributed by atoms with E-state index in [1.54, 1.807) is 18.3 Å². The summed E-state index contributed by atoms with van der Waals surface area (Å²) in [6, 6.07) is 6.41. The highest BCUT2D eigenvalue weighted by atomic mass is 19.1. The Balaban J connectivity index is 1.70. The molecular formula is C19H22FN5O2. The lowest BCUT2D eigenvalue weighted by Crippen LogP contribution is -2.43. The molecule has 0 aliphatic carbocycles. The first-order chi connectivity index (χ1) is 12.8. The lowest BCUT2D eigenvalue weighted by Gasteiger charge is -2.28. The summed E-state index contributed by atoms with van der Waals surface area (Å²) in [5.41, 5.74) is 7.46. The van der Waals surface area contributed by atoms with Crippen LogP contribution in [0.3, 0.4) is 0 Å². The number of anilines is 1. The predicted octanol–water partition coefficient (Wildman–Crippen LogP) is 1.38. The zero-order valence-electron chi connectivity index (χ0n) is 15.3. The van der Waals surface area contributed by atoms with Gasteiger partial charge in [-0.15, -0.1) is 0 Å². The van der Waals surface area contributed by atoms with Gasteiger partial charge in [-0.05, 0) is 29.7 Å². The zero-order valence-corrected chi connectivity index (χ0v) is 15.3. The third-order valence-electron chi connectivity index (χ3n) is 4.76. The van der Waals surface area contributed by atoms with Crippen LogP contribution in [0.15, 0.2) is 30.5 Å². The third kappa shape index (κ3) is 4.21. The molecule has 0 spiro atoms. The first kappa shape index (κ1) is 18.8. The van der Waals surface area contributed by atoms with Gasteiger partial charge in [-0.3, -0.25) is 9.59 Å². The molecule has 3 N–H and O–H groups in total. The van der Waals surface area contributed by atoms with E-state index in [1.165, 1.54) is 17.0 Å². The van der Waals surface area contributed by atoms with Crippen LogP contribution in [-0.4, -0.2) is 39.8 Å². The SMILES string of the molecule is CC(C)(CNc1ncc2c(n1)CN(C(=O)C(N)=O)CC2)c1ccc(F)cc1. The van der Waals surface area contributed by atoms with Crippen molar-refractivity contribution in [1.82, 2.24) is 14.9 Å². The number of hydrogen-bond acceptors (Lipinski definition) is 5. The van der Waals surface area contributed by atoms with Gasteiger partial charge in [0.15, 0.2) is 0 Å². The first-order valence-electron chi connectivity index (χ1n) is 8.70. The van der Waals surface area contributed by atoms with Crippen LogP contribution in [0.5, 0.6) is 0 Å². The molecule has 27 heavy (non-hydrogen) atoms. The van der Waals surface area contributed by atoms with Crippen molar-refractivity contribution in [3.63, 3.8) is 0 Å². The van der Waals surface area contributed by atoms with Gasteiger partial charge in [0.25, 0.3) is 0 Å². The van der Waals surface area contributed by atoms with E-state index in [1.807, 2.05) is 13.8 Å². The lowest BCUT2D eigenvalue weighted by atomic mass is 9.84. The molecule has 0 atom stereocenters. The Hall–Kier alpha value is -3.03. The Kier molecular flexibility index (Phi) is 5.07. The van der Waals surface area contributed by atoms with Crippen LogP contribution >= 0.6 is 0 Å². The molecule has 142 valence electrons. The van der Waals surface area contributed by atoms with Crippen LogP contribution < -0.4 is 11.1 Å². The summed E-state index contributed by atoms with van der Waals surface area (Å²) in [6.07, 6.45) is 2.32.